The van der Waals surface area contributed by atoms with Crippen molar-refractivity contribution >= 4 is 23.4 Å². The van der Waals surface area contributed by atoms with E-state index in [4.69, 9.17) is 11.6 Å². The summed E-state index contributed by atoms with van der Waals surface area (Å²) in [6.07, 6.45) is 0.679. The van der Waals surface area contributed by atoms with E-state index < -0.39 is 0 Å². The summed E-state index contributed by atoms with van der Waals surface area (Å²) in [6, 6.07) is 17.1. The maximum atomic E-state index is 12.3. The van der Waals surface area contributed by atoms with E-state index in [1.54, 1.807) is 4.90 Å². The molecule has 1 N–H and O–H groups in total. The maximum Gasteiger partial charge on any atom is 0.240 e. The summed E-state index contributed by atoms with van der Waals surface area (Å²) >= 11 is 5.88. The Labute approximate surface area is 153 Å². The molecule has 0 aliphatic heterocycles. The van der Waals surface area contributed by atoms with Crippen molar-refractivity contribution in [1.82, 2.24) is 10.2 Å². The van der Waals surface area contributed by atoms with E-state index >= 15 is 0 Å². The molecule has 2 rings (SSSR count). The smallest absolute Gasteiger partial charge is 0.240 e. The summed E-state index contributed by atoms with van der Waals surface area (Å²) < 4.78 is 0. The zero-order chi connectivity index (χ0) is 18.2. The molecule has 2 aromatic rings. The first-order chi connectivity index (χ1) is 12.0. The van der Waals surface area contributed by atoms with Gasteiger partial charge in [0.25, 0.3) is 0 Å². The van der Waals surface area contributed by atoms with Gasteiger partial charge >= 0.3 is 0 Å². The fraction of sp³-hybridized carbons (Fsp3) is 0.300. The lowest BCUT2D eigenvalue weighted by molar-refractivity contribution is -0.134. The predicted octanol–water partition coefficient (Wildman–Crippen LogP) is 3.61. The third-order valence-electron chi connectivity index (χ3n) is 4.04. The van der Waals surface area contributed by atoms with Crippen molar-refractivity contribution in [2.75, 3.05) is 13.1 Å². The summed E-state index contributed by atoms with van der Waals surface area (Å²) in [5, 5.41) is 3.62. The highest BCUT2D eigenvalue weighted by Gasteiger charge is 2.15. The SMILES string of the molecule is CC(=O)N(CCc1ccc(Cl)cc1)CC(=O)NC(C)c1ccccc1. The molecule has 0 fully saturated rings. The minimum atomic E-state index is -0.164. The van der Waals surface area contributed by atoms with Crippen molar-refractivity contribution in [2.24, 2.45) is 0 Å². The third kappa shape index (κ3) is 6.24. The Bertz CT molecular complexity index is 701. The highest BCUT2D eigenvalue weighted by Crippen LogP contribution is 2.12. The molecule has 0 heterocycles. The lowest BCUT2D eigenvalue weighted by atomic mass is 10.1. The third-order valence-corrected chi connectivity index (χ3v) is 4.29. The topological polar surface area (TPSA) is 49.4 Å². The molecule has 25 heavy (non-hydrogen) atoms. The van der Waals surface area contributed by atoms with E-state index in [1.807, 2.05) is 61.5 Å². The van der Waals surface area contributed by atoms with Crippen LogP contribution >= 0.6 is 11.6 Å². The van der Waals surface area contributed by atoms with Gasteiger partial charge in [0, 0.05) is 18.5 Å². The molecular formula is C20H23ClN2O2. The van der Waals surface area contributed by atoms with Gasteiger partial charge < -0.3 is 10.2 Å². The normalized spacial score (nSPS) is 11.6. The zero-order valence-electron chi connectivity index (χ0n) is 14.5. The maximum absolute atomic E-state index is 12.3. The van der Waals surface area contributed by atoms with Crippen molar-refractivity contribution in [1.29, 1.82) is 0 Å². The Morgan fingerprint density at radius 3 is 2.32 bits per heavy atom. The van der Waals surface area contributed by atoms with Crippen LogP contribution in [-0.2, 0) is 16.0 Å². The predicted molar refractivity (Wildman–Crippen MR) is 100 cm³/mol. The van der Waals surface area contributed by atoms with Crippen molar-refractivity contribution in [3.05, 3.63) is 70.7 Å². The Kier molecular flexibility index (Phi) is 7.02. The van der Waals surface area contributed by atoms with Gasteiger partial charge in [-0.2, -0.15) is 0 Å². The second-order valence-corrected chi connectivity index (χ2v) is 6.45. The average Bonchev–Trinajstić information content (AvgIpc) is 2.60. The Balaban J connectivity index is 1.88. The number of rotatable bonds is 7. The number of benzene rings is 2. The van der Waals surface area contributed by atoms with E-state index in [9.17, 15) is 9.59 Å². The monoisotopic (exact) mass is 358 g/mol. The fourth-order valence-corrected chi connectivity index (χ4v) is 2.67. The molecule has 0 spiro atoms. The molecule has 0 aliphatic carbocycles. The molecule has 132 valence electrons. The van der Waals surface area contributed by atoms with Crippen molar-refractivity contribution in [3.63, 3.8) is 0 Å². The summed E-state index contributed by atoms with van der Waals surface area (Å²) in [4.78, 5) is 25.7. The Morgan fingerprint density at radius 2 is 1.72 bits per heavy atom. The van der Waals surface area contributed by atoms with Crippen LogP contribution in [0.2, 0.25) is 5.02 Å². The van der Waals surface area contributed by atoms with Gasteiger partial charge in [0.15, 0.2) is 0 Å². The highest BCUT2D eigenvalue weighted by molar-refractivity contribution is 6.30. The molecule has 0 aliphatic rings. The molecule has 4 nitrogen and oxygen atoms in total. The van der Waals surface area contributed by atoms with Crippen LogP contribution in [0.1, 0.15) is 31.0 Å². The summed E-state index contributed by atoms with van der Waals surface area (Å²) in [5.41, 5.74) is 2.11. The van der Waals surface area contributed by atoms with Gasteiger partial charge in [-0.15, -0.1) is 0 Å². The van der Waals surface area contributed by atoms with Crippen LogP contribution < -0.4 is 5.32 Å². The minimum absolute atomic E-state index is 0.0557. The van der Waals surface area contributed by atoms with Crippen molar-refractivity contribution in [3.8, 4) is 0 Å². The van der Waals surface area contributed by atoms with Crippen LogP contribution in [0.5, 0.6) is 0 Å². The number of amides is 2. The van der Waals surface area contributed by atoms with Gasteiger partial charge in [-0.1, -0.05) is 54.1 Å². The molecule has 2 aromatic carbocycles. The van der Waals surface area contributed by atoms with E-state index in [-0.39, 0.29) is 24.4 Å². The second-order valence-electron chi connectivity index (χ2n) is 6.02. The minimum Gasteiger partial charge on any atom is -0.348 e. The summed E-state index contributed by atoms with van der Waals surface area (Å²) in [5.74, 6) is -0.279. The van der Waals surface area contributed by atoms with Gasteiger partial charge in [-0.3, -0.25) is 9.59 Å². The number of nitrogens with one attached hydrogen (secondary N) is 1. The quantitative estimate of drug-likeness (QED) is 0.822. The number of halogens is 1. The number of hydrogen-bond donors (Lipinski definition) is 1. The van der Waals surface area contributed by atoms with Gasteiger partial charge in [0.2, 0.25) is 11.8 Å². The molecule has 0 bridgehead atoms. The first kappa shape index (κ1) is 19.0. The zero-order valence-corrected chi connectivity index (χ0v) is 15.3. The number of hydrogen-bond acceptors (Lipinski definition) is 2. The van der Waals surface area contributed by atoms with Crippen LogP contribution in [0.3, 0.4) is 0 Å². The molecule has 2 amide bonds. The fourth-order valence-electron chi connectivity index (χ4n) is 2.55. The second kappa shape index (κ2) is 9.23. The van der Waals surface area contributed by atoms with Crippen molar-refractivity contribution < 1.29 is 9.59 Å². The van der Waals surface area contributed by atoms with Crippen LogP contribution in [0.15, 0.2) is 54.6 Å². The van der Waals surface area contributed by atoms with Crippen LogP contribution in [-0.4, -0.2) is 29.8 Å². The van der Waals surface area contributed by atoms with E-state index in [0.29, 0.717) is 18.0 Å². The van der Waals surface area contributed by atoms with E-state index in [2.05, 4.69) is 5.32 Å². The van der Waals surface area contributed by atoms with Gasteiger partial charge in [0.1, 0.15) is 0 Å². The molecule has 0 saturated carbocycles. The van der Waals surface area contributed by atoms with E-state index in [1.165, 1.54) is 6.92 Å². The molecular weight excluding hydrogens is 336 g/mol. The molecule has 1 unspecified atom stereocenters. The highest BCUT2D eigenvalue weighted by atomic mass is 35.5. The van der Waals surface area contributed by atoms with Gasteiger partial charge in [-0.25, -0.2) is 0 Å². The average molecular weight is 359 g/mol. The molecule has 1 atom stereocenters. The number of carbonyl (C=O) groups excluding carboxylic acids is 2. The Hall–Kier alpha value is -2.33. The number of carbonyl (C=O) groups is 2. The Morgan fingerprint density at radius 1 is 1.08 bits per heavy atom. The first-order valence-electron chi connectivity index (χ1n) is 8.30. The van der Waals surface area contributed by atoms with Gasteiger partial charge in [0.05, 0.1) is 12.6 Å². The summed E-state index contributed by atoms with van der Waals surface area (Å²) in [6.45, 7) is 3.96. The van der Waals surface area contributed by atoms with Crippen LogP contribution in [0.4, 0.5) is 0 Å². The van der Waals surface area contributed by atoms with E-state index in [0.717, 1.165) is 11.1 Å². The number of nitrogens with zero attached hydrogens (tertiary/aromatic N) is 1. The molecule has 0 saturated heterocycles. The molecule has 5 heteroatoms. The molecule has 0 aromatic heterocycles. The van der Waals surface area contributed by atoms with Gasteiger partial charge in [-0.05, 0) is 36.6 Å². The standard InChI is InChI=1S/C20H23ClN2O2/c1-15(18-6-4-3-5-7-18)22-20(25)14-23(16(2)24)13-12-17-8-10-19(21)11-9-17/h3-11,15H,12-14H2,1-2H3,(H,22,25). The van der Waals surface area contributed by atoms with Crippen LogP contribution in [0.25, 0.3) is 0 Å². The first-order valence-corrected chi connectivity index (χ1v) is 8.68. The van der Waals surface area contributed by atoms with Crippen molar-refractivity contribution in [2.45, 2.75) is 26.3 Å². The van der Waals surface area contributed by atoms with Crippen LogP contribution in [0, 0.1) is 0 Å². The molecule has 0 radical (unpaired) electrons. The summed E-state index contributed by atoms with van der Waals surface area (Å²) in [7, 11) is 0. The lowest BCUT2D eigenvalue weighted by Gasteiger charge is -2.22. The lowest BCUT2D eigenvalue weighted by Crippen LogP contribution is -2.41. The largest absolute Gasteiger partial charge is 0.348 e.